The Morgan fingerprint density at radius 1 is 1.13 bits per heavy atom. The molecule has 2 aromatic rings. The zero-order chi connectivity index (χ0) is 10.3. The molecule has 0 aliphatic carbocycles. The van der Waals surface area contributed by atoms with E-state index in [-0.39, 0.29) is 5.95 Å². The lowest BCUT2D eigenvalue weighted by Gasteiger charge is -2.08. The summed E-state index contributed by atoms with van der Waals surface area (Å²) in [6.45, 7) is 0.608. The van der Waals surface area contributed by atoms with Crippen LogP contribution in [0.25, 0.3) is 5.69 Å². The number of rotatable bonds is 0. The van der Waals surface area contributed by atoms with E-state index < -0.39 is 0 Å². The van der Waals surface area contributed by atoms with Crippen LogP contribution >= 0.6 is 0 Å². The fourth-order valence-corrected chi connectivity index (χ4v) is 1.88. The zero-order valence-corrected chi connectivity index (χ0v) is 8.02. The van der Waals surface area contributed by atoms with Crippen molar-refractivity contribution in [3.63, 3.8) is 0 Å². The van der Waals surface area contributed by atoms with Crippen molar-refractivity contribution in [1.29, 1.82) is 0 Å². The van der Waals surface area contributed by atoms with Crippen molar-refractivity contribution in [3.8, 4) is 5.69 Å². The summed E-state index contributed by atoms with van der Waals surface area (Å²) >= 11 is 0. The Kier molecular flexibility index (Phi) is 1.71. The second kappa shape index (κ2) is 3.05. The molecule has 0 saturated carbocycles. The third-order valence-corrected chi connectivity index (χ3v) is 2.58. The van der Waals surface area contributed by atoms with Gasteiger partial charge in [0.05, 0.1) is 17.9 Å². The number of aromatic nitrogens is 1. The van der Waals surface area contributed by atoms with E-state index >= 15 is 0 Å². The molecule has 74 valence electrons. The summed E-state index contributed by atoms with van der Waals surface area (Å²) in [6, 6.07) is 10.9. The topological polar surface area (TPSA) is 17.3 Å². The van der Waals surface area contributed by atoms with Gasteiger partial charge in [0, 0.05) is 6.21 Å². The van der Waals surface area contributed by atoms with Gasteiger partial charge in [-0.1, -0.05) is 18.2 Å². The van der Waals surface area contributed by atoms with Gasteiger partial charge < -0.3 is 0 Å². The van der Waals surface area contributed by atoms with Crippen LogP contribution in [-0.4, -0.2) is 10.8 Å². The number of hydrogen-bond donors (Lipinski definition) is 0. The fraction of sp³-hybridized carbons (Fsp3) is 0.0833. The van der Waals surface area contributed by atoms with Crippen LogP contribution in [0.1, 0.15) is 11.3 Å². The first-order valence-corrected chi connectivity index (χ1v) is 4.81. The Balaban J connectivity index is 2.36. The monoisotopic (exact) mass is 200 g/mol. The highest BCUT2D eigenvalue weighted by molar-refractivity contribution is 5.79. The first kappa shape index (κ1) is 8.41. The van der Waals surface area contributed by atoms with Crippen LogP contribution in [-0.2, 0) is 6.54 Å². The fourth-order valence-electron chi connectivity index (χ4n) is 1.88. The van der Waals surface area contributed by atoms with Crippen LogP contribution in [0.3, 0.4) is 0 Å². The van der Waals surface area contributed by atoms with E-state index in [1.54, 1.807) is 16.8 Å². The molecule has 0 saturated heterocycles. The molecule has 0 bridgehead atoms. The molecule has 0 amide bonds. The molecule has 0 N–H and O–H groups in total. The molecule has 0 radical (unpaired) electrons. The van der Waals surface area contributed by atoms with Gasteiger partial charge in [-0.2, -0.15) is 4.39 Å². The normalized spacial score (nSPS) is 13.1. The van der Waals surface area contributed by atoms with Crippen LogP contribution < -0.4 is 0 Å². The van der Waals surface area contributed by atoms with Gasteiger partial charge in [0.1, 0.15) is 0 Å². The van der Waals surface area contributed by atoms with Crippen molar-refractivity contribution >= 4 is 6.21 Å². The number of para-hydroxylation sites is 1. The molecule has 0 atom stereocenters. The van der Waals surface area contributed by atoms with E-state index in [2.05, 4.69) is 4.99 Å². The molecule has 1 aliphatic heterocycles. The van der Waals surface area contributed by atoms with Crippen LogP contribution in [0.5, 0.6) is 0 Å². The van der Waals surface area contributed by atoms with Crippen LogP contribution in [0.4, 0.5) is 4.39 Å². The maximum Gasteiger partial charge on any atom is 0.198 e. The van der Waals surface area contributed by atoms with Crippen molar-refractivity contribution in [3.05, 3.63) is 53.6 Å². The maximum atomic E-state index is 13.6. The molecule has 15 heavy (non-hydrogen) atoms. The second-order valence-corrected chi connectivity index (χ2v) is 3.51. The smallest absolute Gasteiger partial charge is 0.198 e. The van der Waals surface area contributed by atoms with Gasteiger partial charge in [0.15, 0.2) is 5.95 Å². The molecule has 2 nitrogen and oxygen atoms in total. The van der Waals surface area contributed by atoms with Crippen molar-refractivity contribution in [2.75, 3.05) is 0 Å². The summed E-state index contributed by atoms with van der Waals surface area (Å²) in [5, 5.41) is 0. The van der Waals surface area contributed by atoms with Gasteiger partial charge in [0.25, 0.3) is 0 Å². The SMILES string of the molecule is Fc1ccc2n1-c1ccccc1CN=C2. The van der Waals surface area contributed by atoms with Gasteiger partial charge in [-0.05, 0) is 23.8 Å². The van der Waals surface area contributed by atoms with E-state index in [4.69, 9.17) is 0 Å². The summed E-state index contributed by atoms with van der Waals surface area (Å²) in [5.74, 6) is -0.245. The molecule has 3 heteroatoms. The number of fused-ring (bicyclic) bond motifs is 3. The molecule has 1 aromatic heterocycles. The third kappa shape index (κ3) is 1.20. The van der Waals surface area contributed by atoms with E-state index in [0.717, 1.165) is 16.9 Å². The minimum Gasteiger partial charge on any atom is -0.286 e. The lowest BCUT2D eigenvalue weighted by molar-refractivity contribution is 0.558. The highest BCUT2D eigenvalue weighted by Crippen LogP contribution is 2.22. The predicted molar refractivity (Wildman–Crippen MR) is 57.0 cm³/mol. The molecule has 2 heterocycles. The zero-order valence-electron chi connectivity index (χ0n) is 8.02. The first-order valence-electron chi connectivity index (χ1n) is 4.81. The number of aliphatic imine (C=N–C) groups is 1. The summed E-state index contributed by atoms with van der Waals surface area (Å²) < 4.78 is 15.2. The van der Waals surface area contributed by atoms with Gasteiger partial charge in [-0.25, -0.2) is 0 Å². The van der Waals surface area contributed by atoms with Crippen molar-refractivity contribution in [2.24, 2.45) is 4.99 Å². The summed E-state index contributed by atoms with van der Waals surface area (Å²) in [6.07, 6.45) is 1.71. The van der Waals surface area contributed by atoms with Gasteiger partial charge in [-0.15, -0.1) is 0 Å². The molecule has 0 unspecified atom stereocenters. The number of nitrogens with zero attached hydrogens (tertiary/aromatic N) is 2. The molecular formula is C12H9FN2. The number of benzene rings is 1. The minimum atomic E-state index is -0.245. The lowest BCUT2D eigenvalue weighted by Crippen LogP contribution is -2.02. The highest BCUT2D eigenvalue weighted by atomic mass is 19.1. The summed E-state index contributed by atoms with van der Waals surface area (Å²) in [7, 11) is 0. The van der Waals surface area contributed by atoms with Gasteiger partial charge in [-0.3, -0.25) is 9.56 Å². The third-order valence-electron chi connectivity index (χ3n) is 2.58. The van der Waals surface area contributed by atoms with E-state index in [0.29, 0.717) is 6.54 Å². The Bertz CT molecular complexity index is 540. The average Bonchev–Trinajstić information content (AvgIpc) is 2.52. The standard InChI is InChI=1S/C12H9FN2/c13-12-6-5-10-8-14-7-9-3-1-2-4-11(9)15(10)12/h1-6,8H,7H2. The maximum absolute atomic E-state index is 13.6. The van der Waals surface area contributed by atoms with Crippen LogP contribution in [0.2, 0.25) is 0 Å². The van der Waals surface area contributed by atoms with Crippen molar-refractivity contribution in [2.45, 2.75) is 6.54 Å². The summed E-state index contributed by atoms with van der Waals surface area (Å²) in [4.78, 5) is 4.25. The quantitative estimate of drug-likeness (QED) is 0.622. The van der Waals surface area contributed by atoms with Crippen molar-refractivity contribution in [1.82, 2.24) is 4.57 Å². The van der Waals surface area contributed by atoms with Crippen LogP contribution in [0, 0.1) is 5.95 Å². The van der Waals surface area contributed by atoms with Gasteiger partial charge in [0.2, 0.25) is 0 Å². The van der Waals surface area contributed by atoms with E-state index in [1.807, 2.05) is 24.3 Å². The Labute approximate surface area is 86.7 Å². The minimum absolute atomic E-state index is 0.245. The number of hydrogen-bond acceptors (Lipinski definition) is 1. The molecule has 1 aliphatic rings. The molecule has 0 spiro atoms. The van der Waals surface area contributed by atoms with E-state index in [1.165, 1.54) is 6.07 Å². The molecular weight excluding hydrogens is 191 g/mol. The molecule has 1 aromatic carbocycles. The molecule has 0 fully saturated rings. The summed E-state index contributed by atoms with van der Waals surface area (Å²) in [5.41, 5.74) is 2.72. The predicted octanol–water partition coefficient (Wildman–Crippen LogP) is 2.55. The largest absolute Gasteiger partial charge is 0.286 e. The van der Waals surface area contributed by atoms with E-state index in [9.17, 15) is 4.39 Å². The number of halogens is 1. The Morgan fingerprint density at radius 2 is 2.00 bits per heavy atom. The second-order valence-electron chi connectivity index (χ2n) is 3.51. The highest BCUT2D eigenvalue weighted by Gasteiger charge is 2.13. The van der Waals surface area contributed by atoms with Crippen molar-refractivity contribution < 1.29 is 4.39 Å². The first-order chi connectivity index (χ1) is 7.36. The lowest BCUT2D eigenvalue weighted by atomic mass is 10.2. The van der Waals surface area contributed by atoms with Gasteiger partial charge >= 0.3 is 0 Å². The van der Waals surface area contributed by atoms with Crippen LogP contribution in [0.15, 0.2) is 41.4 Å². The average molecular weight is 200 g/mol. The Hall–Kier alpha value is -1.90. The Morgan fingerprint density at radius 3 is 2.93 bits per heavy atom. The molecule has 3 rings (SSSR count).